The number of amides is 1. The molecular formula is C16H22ClN5O. The van der Waals surface area contributed by atoms with Crippen molar-refractivity contribution in [1.82, 2.24) is 25.4 Å². The second kappa shape index (κ2) is 8.64. The van der Waals surface area contributed by atoms with Gasteiger partial charge in [0, 0.05) is 13.0 Å². The number of carbonyl (C=O) groups excluding carboxylic acids is 1. The van der Waals surface area contributed by atoms with E-state index in [2.05, 4.69) is 20.7 Å². The van der Waals surface area contributed by atoms with Gasteiger partial charge in [0.05, 0.1) is 5.69 Å². The lowest BCUT2D eigenvalue weighted by Crippen LogP contribution is -2.23. The van der Waals surface area contributed by atoms with Gasteiger partial charge >= 0.3 is 0 Å². The highest BCUT2D eigenvalue weighted by molar-refractivity contribution is 5.85. The molecule has 0 radical (unpaired) electrons. The van der Waals surface area contributed by atoms with Crippen LogP contribution in [0, 0.1) is 5.92 Å². The van der Waals surface area contributed by atoms with E-state index in [1.165, 1.54) is 12.7 Å². The van der Waals surface area contributed by atoms with Crippen molar-refractivity contribution in [1.29, 1.82) is 0 Å². The molecule has 6 nitrogen and oxygen atoms in total. The first-order chi connectivity index (χ1) is 10.8. The zero-order chi connectivity index (χ0) is 15.2. The maximum Gasteiger partial charge on any atom is 0.220 e. The SMILES string of the molecule is Cl.O=C(CCC1CCNC1)NCc1cccc(-n2cncn2)c1. The summed E-state index contributed by atoms with van der Waals surface area (Å²) in [5.74, 6) is 0.777. The van der Waals surface area contributed by atoms with Crippen molar-refractivity contribution in [3.63, 3.8) is 0 Å². The second-order valence-electron chi connectivity index (χ2n) is 5.68. The molecule has 1 aromatic carbocycles. The molecule has 1 fully saturated rings. The summed E-state index contributed by atoms with van der Waals surface area (Å²) in [5, 5.41) is 10.4. The Bertz CT molecular complexity index is 611. The number of rotatable bonds is 6. The van der Waals surface area contributed by atoms with E-state index in [4.69, 9.17) is 0 Å². The second-order valence-corrected chi connectivity index (χ2v) is 5.68. The molecule has 0 spiro atoms. The average Bonchev–Trinajstić information content (AvgIpc) is 3.24. The van der Waals surface area contributed by atoms with E-state index >= 15 is 0 Å². The van der Waals surface area contributed by atoms with Gasteiger partial charge < -0.3 is 10.6 Å². The molecule has 23 heavy (non-hydrogen) atoms. The fourth-order valence-corrected chi connectivity index (χ4v) is 2.74. The molecule has 1 atom stereocenters. The predicted octanol–water partition coefficient (Wildman–Crippen LogP) is 1.70. The summed E-state index contributed by atoms with van der Waals surface area (Å²) in [6, 6.07) is 7.94. The van der Waals surface area contributed by atoms with E-state index in [0.717, 1.165) is 30.8 Å². The van der Waals surface area contributed by atoms with Crippen molar-refractivity contribution in [2.75, 3.05) is 13.1 Å². The van der Waals surface area contributed by atoms with Crippen molar-refractivity contribution in [2.24, 2.45) is 5.92 Å². The molecule has 1 aliphatic rings. The molecule has 1 saturated heterocycles. The molecule has 124 valence electrons. The Balaban J connectivity index is 0.00000192. The fourth-order valence-electron chi connectivity index (χ4n) is 2.74. The van der Waals surface area contributed by atoms with Crippen molar-refractivity contribution < 1.29 is 4.79 Å². The van der Waals surface area contributed by atoms with Gasteiger partial charge in [-0.15, -0.1) is 12.4 Å². The average molecular weight is 336 g/mol. The van der Waals surface area contributed by atoms with Crippen molar-refractivity contribution in [3.8, 4) is 5.69 Å². The molecule has 2 heterocycles. The zero-order valence-electron chi connectivity index (χ0n) is 12.9. The first kappa shape index (κ1) is 17.4. The first-order valence-electron chi connectivity index (χ1n) is 7.72. The smallest absolute Gasteiger partial charge is 0.220 e. The van der Waals surface area contributed by atoms with Crippen molar-refractivity contribution in [3.05, 3.63) is 42.5 Å². The number of aromatic nitrogens is 3. The third kappa shape index (κ3) is 5.04. The number of nitrogens with one attached hydrogen (secondary N) is 2. The van der Waals surface area contributed by atoms with E-state index in [0.29, 0.717) is 18.9 Å². The molecule has 3 rings (SSSR count). The van der Waals surface area contributed by atoms with Crippen LogP contribution >= 0.6 is 12.4 Å². The lowest BCUT2D eigenvalue weighted by molar-refractivity contribution is -0.121. The Kier molecular flexibility index (Phi) is 6.55. The van der Waals surface area contributed by atoms with Gasteiger partial charge in [-0.1, -0.05) is 12.1 Å². The maximum atomic E-state index is 11.9. The number of carbonyl (C=O) groups is 1. The number of hydrogen-bond acceptors (Lipinski definition) is 4. The third-order valence-corrected chi connectivity index (χ3v) is 4.03. The van der Waals surface area contributed by atoms with E-state index in [1.807, 2.05) is 24.3 Å². The molecular weight excluding hydrogens is 314 g/mol. The standard InChI is InChI=1S/C16H21N5O.ClH/c22-16(5-4-13-6-7-17-9-13)19-10-14-2-1-3-15(8-14)21-12-18-11-20-21;/h1-3,8,11-13,17H,4-7,9-10H2,(H,19,22);1H. The molecule has 0 saturated carbocycles. The quantitative estimate of drug-likeness (QED) is 0.842. The predicted molar refractivity (Wildman–Crippen MR) is 90.7 cm³/mol. The van der Waals surface area contributed by atoms with Gasteiger partial charge in [-0.25, -0.2) is 9.67 Å². The van der Waals surface area contributed by atoms with E-state index in [-0.39, 0.29) is 18.3 Å². The van der Waals surface area contributed by atoms with Crippen LogP contribution in [-0.4, -0.2) is 33.8 Å². The normalized spacial score (nSPS) is 16.8. The first-order valence-corrected chi connectivity index (χ1v) is 7.72. The highest BCUT2D eigenvalue weighted by atomic mass is 35.5. The Hall–Kier alpha value is -1.92. The third-order valence-electron chi connectivity index (χ3n) is 4.03. The van der Waals surface area contributed by atoms with Crippen molar-refractivity contribution >= 4 is 18.3 Å². The van der Waals surface area contributed by atoms with E-state index < -0.39 is 0 Å². The van der Waals surface area contributed by atoms with Crippen LogP contribution in [0.1, 0.15) is 24.8 Å². The number of benzene rings is 1. The van der Waals surface area contributed by atoms with Gasteiger partial charge in [0.15, 0.2) is 0 Å². The van der Waals surface area contributed by atoms with Crippen LogP contribution in [0.25, 0.3) is 5.69 Å². The van der Waals surface area contributed by atoms with Gasteiger partial charge in [0.25, 0.3) is 0 Å². The van der Waals surface area contributed by atoms with Crippen LogP contribution in [0.3, 0.4) is 0 Å². The summed E-state index contributed by atoms with van der Waals surface area (Å²) < 4.78 is 1.71. The monoisotopic (exact) mass is 335 g/mol. The fraction of sp³-hybridized carbons (Fsp3) is 0.438. The highest BCUT2D eigenvalue weighted by Crippen LogP contribution is 2.14. The molecule has 2 aromatic rings. The Labute approximate surface area is 142 Å². The van der Waals surface area contributed by atoms with Crippen LogP contribution in [0.4, 0.5) is 0 Å². The molecule has 0 aliphatic carbocycles. The molecule has 0 bridgehead atoms. The minimum atomic E-state index is 0. The Morgan fingerprint density at radius 1 is 1.43 bits per heavy atom. The Morgan fingerprint density at radius 2 is 2.35 bits per heavy atom. The van der Waals surface area contributed by atoms with Crippen LogP contribution in [-0.2, 0) is 11.3 Å². The van der Waals surface area contributed by atoms with Crippen LogP contribution in [0.15, 0.2) is 36.9 Å². The molecule has 2 N–H and O–H groups in total. The minimum absolute atomic E-state index is 0. The van der Waals surface area contributed by atoms with Gasteiger partial charge in [-0.3, -0.25) is 4.79 Å². The molecule has 1 amide bonds. The van der Waals surface area contributed by atoms with Crippen LogP contribution in [0.2, 0.25) is 0 Å². The number of hydrogen-bond donors (Lipinski definition) is 2. The summed E-state index contributed by atoms with van der Waals surface area (Å²) in [6.07, 6.45) is 5.93. The van der Waals surface area contributed by atoms with Gasteiger partial charge in [-0.2, -0.15) is 5.10 Å². The summed E-state index contributed by atoms with van der Waals surface area (Å²) >= 11 is 0. The summed E-state index contributed by atoms with van der Waals surface area (Å²) in [4.78, 5) is 15.9. The largest absolute Gasteiger partial charge is 0.352 e. The summed E-state index contributed by atoms with van der Waals surface area (Å²) in [6.45, 7) is 2.68. The molecule has 7 heteroatoms. The topological polar surface area (TPSA) is 71.8 Å². The van der Waals surface area contributed by atoms with Crippen molar-refractivity contribution in [2.45, 2.75) is 25.8 Å². The van der Waals surface area contributed by atoms with Crippen LogP contribution < -0.4 is 10.6 Å². The van der Waals surface area contributed by atoms with E-state index in [1.54, 1.807) is 11.0 Å². The maximum absolute atomic E-state index is 11.9. The lowest BCUT2D eigenvalue weighted by atomic mass is 10.0. The van der Waals surface area contributed by atoms with Crippen LogP contribution in [0.5, 0.6) is 0 Å². The summed E-state index contributed by atoms with van der Waals surface area (Å²) in [7, 11) is 0. The number of nitrogens with zero attached hydrogens (tertiary/aromatic N) is 3. The van der Waals surface area contributed by atoms with Gasteiger partial charge in [0.1, 0.15) is 12.7 Å². The minimum Gasteiger partial charge on any atom is -0.352 e. The summed E-state index contributed by atoms with van der Waals surface area (Å²) in [5.41, 5.74) is 2.00. The number of halogens is 1. The lowest BCUT2D eigenvalue weighted by Gasteiger charge is -2.09. The zero-order valence-corrected chi connectivity index (χ0v) is 13.8. The Morgan fingerprint density at radius 3 is 3.09 bits per heavy atom. The molecule has 1 aliphatic heterocycles. The van der Waals surface area contributed by atoms with Gasteiger partial charge in [0.2, 0.25) is 5.91 Å². The van der Waals surface area contributed by atoms with Gasteiger partial charge in [-0.05, 0) is 49.5 Å². The molecule has 1 unspecified atom stereocenters. The van der Waals surface area contributed by atoms with E-state index in [9.17, 15) is 4.79 Å². The highest BCUT2D eigenvalue weighted by Gasteiger charge is 2.15. The molecule has 1 aromatic heterocycles.